The first kappa shape index (κ1) is 14.9. The Morgan fingerprint density at radius 3 is 2.00 bits per heavy atom. The largest absolute Gasteiger partial charge is 0.342 e. The molecule has 3 aliphatic rings. The van der Waals surface area contributed by atoms with Crippen molar-refractivity contribution in [3.05, 3.63) is 0 Å². The van der Waals surface area contributed by atoms with E-state index >= 15 is 0 Å². The normalized spacial score (nSPS) is 28.9. The summed E-state index contributed by atoms with van der Waals surface area (Å²) in [5, 5.41) is 0. The van der Waals surface area contributed by atoms with Gasteiger partial charge in [-0.3, -0.25) is 9.59 Å². The summed E-state index contributed by atoms with van der Waals surface area (Å²) in [6.07, 6.45) is 8.45. The maximum absolute atomic E-state index is 12.9. The van der Waals surface area contributed by atoms with E-state index in [1.165, 1.54) is 19.3 Å². The number of piperidine rings is 1. The summed E-state index contributed by atoms with van der Waals surface area (Å²) in [7, 11) is 0. The van der Waals surface area contributed by atoms with Gasteiger partial charge in [0.05, 0.1) is 0 Å². The maximum Gasteiger partial charge on any atom is 0.238 e. The van der Waals surface area contributed by atoms with Crippen LogP contribution in [0, 0.1) is 11.3 Å². The van der Waals surface area contributed by atoms with Gasteiger partial charge in [-0.15, -0.1) is 0 Å². The second kappa shape index (κ2) is 5.98. The molecule has 4 nitrogen and oxygen atoms in total. The number of amides is 2. The van der Waals surface area contributed by atoms with Crippen molar-refractivity contribution in [2.24, 2.45) is 11.3 Å². The van der Waals surface area contributed by atoms with Gasteiger partial charge in [0.2, 0.25) is 11.8 Å². The number of hydrogen-bond acceptors (Lipinski definition) is 2. The molecule has 2 amide bonds. The van der Waals surface area contributed by atoms with Gasteiger partial charge in [0.1, 0.15) is 5.41 Å². The molecular weight excluding hydrogens is 264 g/mol. The van der Waals surface area contributed by atoms with Gasteiger partial charge in [-0.25, -0.2) is 0 Å². The second-order valence-corrected chi connectivity index (χ2v) is 7.29. The van der Waals surface area contributed by atoms with Crippen LogP contribution in [0.1, 0.15) is 58.3 Å². The molecular formula is C17H28N2O2. The Labute approximate surface area is 127 Å². The fourth-order valence-corrected chi connectivity index (χ4v) is 3.90. The Morgan fingerprint density at radius 1 is 0.857 bits per heavy atom. The van der Waals surface area contributed by atoms with E-state index in [1.54, 1.807) is 0 Å². The van der Waals surface area contributed by atoms with Crippen LogP contribution in [0.2, 0.25) is 0 Å². The van der Waals surface area contributed by atoms with Crippen molar-refractivity contribution in [3.8, 4) is 0 Å². The van der Waals surface area contributed by atoms with Crippen LogP contribution in [0.5, 0.6) is 0 Å². The second-order valence-electron chi connectivity index (χ2n) is 7.29. The molecule has 3 fully saturated rings. The molecule has 0 aromatic rings. The van der Waals surface area contributed by atoms with Crippen LogP contribution in [0.25, 0.3) is 0 Å². The highest BCUT2D eigenvalue weighted by atomic mass is 16.2. The lowest BCUT2D eigenvalue weighted by molar-refractivity contribution is -0.150. The lowest BCUT2D eigenvalue weighted by Crippen LogP contribution is -2.49. The van der Waals surface area contributed by atoms with Crippen molar-refractivity contribution in [1.29, 1.82) is 0 Å². The van der Waals surface area contributed by atoms with Crippen molar-refractivity contribution in [1.82, 2.24) is 9.80 Å². The third kappa shape index (κ3) is 2.95. The zero-order chi connectivity index (χ0) is 14.9. The van der Waals surface area contributed by atoms with E-state index in [0.29, 0.717) is 5.92 Å². The van der Waals surface area contributed by atoms with Crippen LogP contribution in [0.4, 0.5) is 0 Å². The molecule has 3 rings (SSSR count). The first-order chi connectivity index (χ1) is 10.1. The minimum atomic E-state index is -0.665. The summed E-state index contributed by atoms with van der Waals surface area (Å²) in [5.74, 6) is 0.836. The molecule has 1 unspecified atom stereocenters. The fourth-order valence-electron chi connectivity index (χ4n) is 3.90. The van der Waals surface area contributed by atoms with Crippen LogP contribution in [-0.4, -0.2) is 47.8 Å². The van der Waals surface area contributed by atoms with E-state index in [1.807, 2.05) is 9.80 Å². The highest BCUT2D eigenvalue weighted by molar-refractivity contribution is 6.07. The van der Waals surface area contributed by atoms with Crippen LogP contribution >= 0.6 is 0 Å². The number of rotatable bonds is 2. The first-order valence-corrected chi connectivity index (χ1v) is 8.72. The smallest absolute Gasteiger partial charge is 0.238 e. The molecule has 0 bridgehead atoms. The third-order valence-electron chi connectivity index (χ3n) is 5.41. The molecule has 1 saturated carbocycles. The van der Waals surface area contributed by atoms with Crippen molar-refractivity contribution < 1.29 is 9.59 Å². The van der Waals surface area contributed by atoms with E-state index in [0.717, 1.165) is 58.3 Å². The molecule has 0 spiro atoms. The molecule has 0 aromatic heterocycles. The lowest BCUT2D eigenvalue weighted by Gasteiger charge is -2.35. The highest BCUT2D eigenvalue weighted by Crippen LogP contribution is 2.49. The van der Waals surface area contributed by atoms with Gasteiger partial charge in [-0.2, -0.15) is 0 Å². The van der Waals surface area contributed by atoms with Gasteiger partial charge in [-0.05, 0) is 44.4 Å². The quantitative estimate of drug-likeness (QED) is 0.733. The van der Waals surface area contributed by atoms with Crippen LogP contribution in [0.3, 0.4) is 0 Å². The van der Waals surface area contributed by atoms with E-state index < -0.39 is 5.41 Å². The third-order valence-corrected chi connectivity index (χ3v) is 5.41. The molecule has 118 valence electrons. The fraction of sp³-hybridized carbons (Fsp3) is 0.882. The SMILES string of the molecule is CC1CCCN(C(=O)C2(C(=O)N3CCCCCC3)CC2)C1. The molecule has 2 saturated heterocycles. The topological polar surface area (TPSA) is 40.6 Å². The van der Waals surface area contributed by atoms with Crippen molar-refractivity contribution >= 4 is 11.8 Å². The summed E-state index contributed by atoms with van der Waals surface area (Å²) < 4.78 is 0. The molecule has 2 aliphatic heterocycles. The molecule has 1 atom stereocenters. The molecule has 0 radical (unpaired) electrons. The Balaban J connectivity index is 1.67. The zero-order valence-electron chi connectivity index (χ0n) is 13.3. The number of nitrogens with zero attached hydrogens (tertiary/aromatic N) is 2. The first-order valence-electron chi connectivity index (χ1n) is 8.72. The van der Waals surface area contributed by atoms with Crippen molar-refractivity contribution in [2.45, 2.75) is 58.3 Å². The molecule has 0 aromatic carbocycles. The molecule has 21 heavy (non-hydrogen) atoms. The van der Waals surface area contributed by atoms with Crippen LogP contribution in [-0.2, 0) is 9.59 Å². The van der Waals surface area contributed by atoms with Gasteiger partial charge in [0.15, 0.2) is 0 Å². The van der Waals surface area contributed by atoms with Crippen molar-refractivity contribution in [2.75, 3.05) is 26.2 Å². The highest BCUT2D eigenvalue weighted by Gasteiger charge is 2.59. The minimum Gasteiger partial charge on any atom is -0.342 e. The van der Waals surface area contributed by atoms with Gasteiger partial charge in [0.25, 0.3) is 0 Å². The average molecular weight is 292 g/mol. The van der Waals surface area contributed by atoms with Gasteiger partial charge >= 0.3 is 0 Å². The van der Waals surface area contributed by atoms with E-state index in [9.17, 15) is 9.59 Å². The minimum absolute atomic E-state index is 0.128. The predicted octanol–water partition coefficient (Wildman–Crippen LogP) is 2.43. The van der Waals surface area contributed by atoms with Gasteiger partial charge in [0, 0.05) is 26.2 Å². The van der Waals surface area contributed by atoms with Crippen LogP contribution < -0.4 is 0 Å². The summed E-state index contributed by atoms with van der Waals surface area (Å²) >= 11 is 0. The Kier molecular flexibility index (Phi) is 4.23. The number of carbonyl (C=O) groups excluding carboxylic acids is 2. The van der Waals surface area contributed by atoms with Gasteiger partial charge < -0.3 is 9.80 Å². The molecule has 1 aliphatic carbocycles. The number of likely N-dealkylation sites (tertiary alicyclic amines) is 2. The summed E-state index contributed by atoms with van der Waals surface area (Å²) in [6, 6.07) is 0. The molecule has 0 N–H and O–H groups in total. The summed E-state index contributed by atoms with van der Waals surface area (Å²) in [6.45, 7) is 5.59. The Morgan fingerprint density at radius 2 is 1.43 bits per heavy atom. The number of carbonyl (C=O) groups is 2. The standard InChI is InChI=1S/C17H28N2O2/c1-14-7-6-12-19(13-14)16(21)17(8-9-17)15(20)18-10-4-2-3-5-11-18/h14H,2-13H2,1H3. The van der Waals surface area contributed by atoms with E-state index in [-0.39, 0.29) is 11.8 Å². The molecule has 4 heteroatoms. The maximum atomic E-state index is 12.9. The lowest BCUT2D eigenvalue weighted by atomic mass is 9.96. The average Bonchev–Trinajstić information content (AvgIpc) is 3.30. The monoisotopic (exact) mass is 292 g/mol. The predicted molar refractivity (Wildman–Crippen MR) is 81.7 cm³/mol. The van der Waals surface area contributed by atoms with E-state index in [2.05, 4.69) is 6.92 Å². The Bertz CT molecular complexity index is 393. The van der Waals surface area contributed by atoms with Gasteiger partial charge in [-0.1, -0.05) is 19.8 Å². The zero-order valence-corrected chi connectivity index (χ0v) is 13.3. The van der Waals surface area contributed by atoms with Crippen LogP contribution in [0.15, 0.2) is 0 Å². The van der Waals surface area contributed by atoms with E-state index in [4.69, 9.17) is 0 Å². The summed E-state index contributed by atoms with van der Waals surface area (Å²) in [5.41, 5.74) is -0.665. The molecule has 2 heterocycles. The van der Waals surface area contributed by atoms with Crippen molar-refractivity contribution in [3.63, 3.8) is 0 Å². The summed E-state index contributed by atoms with van der Waals surface area (Å²) in [4.78, 5) is 29.7. The number of hydrogen-bond donors (Lipinski definition) is 0. The Hall–Kier alpha value is -1.06.